The first kappa shape index (κ1) is 20.2. The van der Waals surface area contributed by atoms with Crippen LogP contribution in [0.25, 0.3) is 0 Å². The van der Waals surface area contributed by atoms with Gasteiger partial charge in [0.05, 0.1) is 12.6 Å². The van der Waals surface area contributed by atoms with E-state index in [1.165, 1.54) is 6.42 Å². The van der Waals surface area contributed by atoms with Gasteiger partial charge in [0.15, 0.2) is 0 Å². The number of carbonyl (C=O) groups excluding carboxylic acids is 2. The first-order chi connectivity index (χ1) is 13.3. The Hall–Kier alpha value is -2.55. The van der Waals surface area contributed by atoms with Gasteiger partial charge in [0.2, 0.25) is 5.91 Å². The van der Waals surface area contributed by atoms with Crippen molar-refractivity contribution in [3.63, 3.8) is 0 Å². The van der Waals surface area contributed by atoms with Gasteiger partial charge in [0, 0.05) is 24.3 Å². The number of benzene rings is 1. The van der Waals surface area contributed by atoms with Gasteiger partial charge >= 0.3 is 0 Å². The number of hydrogen-bond donors (Lipinski definition) is 2. The zero-order valence-corrected chi connectivity index (χ0v) is 17.0. The zero-order valence-electron chi connectivity index (χ0n) is 17.0. The number of nitrogens with zero attached hydrogens (tertiary/aromatic N) is 2. The van der Waals surface area contributed by atoms with Crippen molar-refractivity contribution in [2.75, 3.05) is 25.0 Å². The molecule has 28 heavy (non-hydrogen) atoms. The quantitative estimate of drug-likeness (QED) is 0.792. The molecule has 1 aromatic rings. The lowest BCUT2D eigenvalue weighted by atomic mass is 9.98. The van der Waals surface area contributed by atoms with E-state index in [1.54, 1.807) is 6.92 Å². The van der Waals surface area contributed by atoms with Crippen LogP contribution in [0.3, 0.4) is 0 Å². The summed E-state index contributed by atoms with van der Waals surface area (Å²) in [5.74, 6) is 0.685. The molecule has 1 saturated heterocycles. The average molecular weight is 383 g/mol. The molecule has 2 amide bonds. The van der Waals surface area contributed by atoms with E-state index in [9.17, 15) is 14.9 Å². The summed E-state index contributed by atoms with van der Waals surface area (Å²) in [5.41, 5.74) is 1.65. The van der Waals surface area contributed by atoms with Crippen LogP contribution in [0.15, 0.2) is 18.2 Å². The number of carbonyl (C=O) groups is 2. The molecule has 6 nitrogen and oxygen atoms in total. The summed E-state index contributed by atoms with van der Waals surface area (Å²) in [6.07, 6.45) is 4.22. The van der Waals surface area contributed by atoms with Crippen molar-refractivity contribution in [3.8, 4) is 6.07 Å². The highest BCUT2D eigenvalue weighted by Gasteiger charge is 2.42. The Morgan fingerprint density at radius 2 is 2.07 bits per heavy atom. The molecule has 1 saturated carbocycles. The summed E-state index contributed by atoms with van der Waals surface area (Å²) < 4.78 is 0. The number of nitriles is 1. The van der Waals surface area contributed by atoms with E-state index in [1.807, 2.05) is 30.0 Å². The molecule has 3 rings (SSSR count). The summed E-state index contributed by atoms with van der Waals surface area (Å²) in [7, 11) is 0. The Labute approximate surface area is 167 Å². The van der Waals surface area contributed by atoms with Crippen LogP contribution in [-0.4, -0.2) is 41.9 Å². The SMILES string of the molecule is Cc1cc(C(=O)N2CCCC(C)C2)ccc1NCC(=O)NC(C)(C#N)C1CC1. The van der Waals surface area contributed by atoms with Crippen LogP contribution in [0.2, 0.25) is 0 Å². The number of aryl methyl sites for hydroxylation is 1. The van der Waals surface area contributed by atoms with Gasteiger partial charge in [-0.05, 0) is 75.1 Å². The molecule has 1 aromatic carbocycles. The van der Waals surface area contributed by atoms with Crippen molar-refractivity contribution < 1.29 is 9.59 Å². The fourth-order valence-corrected chi connectivity index (χ4v) is 3.94. The van der Waals surface area contributed by atoms with Crippen molar-refractivity contribution in [2.45, 2.75) is 52.0 Å². The summed E-state index contributed by atoms with van der Waals surface area (Å²) >= 11 is 0. The number of amides is 2. The maximum absolute atomic E-state index is 12.7. The number of likely N-dealkylation sites (tertiary alicyclic amines) is 1. The van der Waals surface area contributed by atoms with Crippen LogP contribution in [0, 0.1) is 30.1 Å². The maximum atomic E-state index is 12.7. The molecule has 0 spiro atoms. The Balaban J connectivity index is 1.57. The molecule has 1 aliphatic carbocycles. The van der Waals surface area contributed by atoms with E-state index in [2.05, 4.69) is 23.6 Å². The van der Waals surface area contributed by atoms with E-state index >= 15 is 0 Å². The predicted molar refractivity (Wildman–Crippen MR) is 109 cm³/mol. The van der Waals surface area contributed by atoms with Crippen molar-refractivity contribution in [3.05, 3.63) is 29.3 Å². The van der Waals surface area contributed by atoms with Crippen LogP contribution in [-0.2, 0) is 4.79 Å². The van der Waals surface area contributed by atoms with Crippen molar-refractivity contribution in [1.82, 2.24) is 10.2 Å². The highest BCUT2D eigenvalue weighted by Crippen LogP contribution is 2.39. The van der Waals surface area contributed by atoms with Gasteiger partial charge in [0.1, 0.15) is 5.54 Å². The molecule has 0 bridgehead atoms. The highest BCUT2D eigenvalue weighted by molar-refractivity contribution is 5.95. The summed E-state index contributed by atoms with van der Waals surface area (Å²) in [4.78, 5) is 26.9. The molecule has 2 N–H and O–H groups in total. The molecule has 6 heteroatoms. The Bertz CT molecular complexity index is 796. The van der Waals surface area contributed by atoms with Gasteiger partial charge < -0.3 is 15.5 Å². The number of hydrogen-bond acceptors (Lipinski definition) is 4. The highest BCUT2D eigenvalue weighted by atomic mass is 16.2. The molecule has 2 fully saturated rings. The van der Waals surface area contributed by atoms with Crippen LogP contribution in [0.4, 0.5) is 5.69 Å². The summed E-state index contributed by atoms with van der Waals surface area (Å²) in [6.45, 7) is 7.64. The normalized spacial score (nSPS) is 21.4. The van der Waals surface area contributed by atoms with E-state index < -0.39 is 5.54 Å². The summed E-state index contributed by atoms with van der Waals surface area (Å²) in [5, 5.41) is 15.3. The summed E-state index contributed by atoms with van der Waals surface area (Å²) in [6, 6.07) is 7.79. The first-order valence-corrected chi connectivity index (χ1v) is 10.2. The monoisotopic (exact) mass is 382 g/mol. The molecule has 2 unspecified atom stereocenters. The lowest BCUT2D eigenvalue weighted by Crippen LogP contribution is -2.48. The average Bonchev–Trinajstić information content (AvgIpc) is 3.52. The van der Waals surface area contributed by atoms with Crippen molar-refractivity contribution >= 4 is 17.5 Å². The molecular weight excluding hydrogens is 352 g/mol. The predicted octanol–water partition coefficient (Wildman–Crippen LogP) is 3.09. The van der Waals surface area contributed by atoms with E-state index in [4.69, 9.17) is 0 Å². The number of nitrogens with one attached hydrogen (secondary N) is 2. The molecule has 2 atom stereocenters. The van der Waals surface area contributed by atoms with Gasteiger partial charge in [0.25, 0.3) is 5.91 Å². The Kier molecular flexibility index (Phi) is 5.93. The molecule has 1 aliphatic heterocycles. The van der Waals surface area contributed by atoms with Gasteiger partial charge in [-0.15, -0.1) is 0 Å². The van der Waals surface area contributed by atoms with Crippen molar-refractivity contribution in [2.24, 2.45) is 11.8 Å². The van der Waals surface area contributed by atoms with E-state index in [0.29, 0.717) is 11.5 Å². The third kappa shape index (κ3) is 4.64. The van der Waals surface area contributed by atoms with Crippen LogP contribution >= 0.6 is 0 Å². The van der Waals surface area contributed by atoms with Gasteiger partial charge in [-0.3, -0.25) is 9.59 Å². The zero-order chi connectivity index (χ0) is 20.3. The maximum Gasteiger partial charge on any atom is 0.253 e. The minimum atomic E-state index is -0.782. The van der Waals surface area contributed by atoms with Gasteiger partial charge in [-0.25, -0.2) is 0 Å². The Morgan fingerprint density at radius 1 is 1.32 bits per heavy atom. The lowest BCUT2D eigenvalue weighted by molar-refractivity contribution is -0.120. The Morgan fingerprint density at radius 3 is 2.68 bits per heavy atom. The second-order valence-corrected chi connectivity index (χ2v) is 8.52. The minimum absolute atomic E-state index is 0.0770. The number of rotatable bonds is 6. The van der Waals surface area contributed by atoms with E-state index in [-0.39, 0.29) is 24.3 Å². The van der Waals surface area contributed by atoms with Gasteiger partial charge in [-0.2, -0.15) is 5.26 Å². The third-order valence-corrected chi connectivity index (χ3v) is 5.88. The van der Waals surface area contributed by atoms with Gasteiger partial charge in [-0.1, -0.05) is 6.92 Å². The number of anilines is 1. The first-order valence-electron chi connectivity index (χ1n) is 10.2. The smallest absolute Gasteiger partial charge is 0.253 e. The standard InChI is InChI=1S/C22H30N4O2/c1-15-5-4-10-26(13-15)21(28)17-6-9-19(16(2)11-17)24-12-20(27)25-22(3,14-23)18-7-8-18/h6,9,11,15,18,24H,4-5,7-8,10,12-13H2,1-3H3,(H,25,27). The lowest BCUT2D eigenvalue weighted by Gasteiger charge is -2.31. The van der Waals surface area contributed by atoms with E-state index in [0.717, 1.165) is 43.6 Å². The fourth-order valence-electron chi connectivity index (χ4n) is 3.94. The molecule has 2 aliphatic rings. The fraction of sp³-hybridized carbons (Fsp3) is 0.591. The molecule has 150 valence electrons. The second kappa shape index (κ2) is 8.22. The number of piperidine rings is 1. The molecular formula is C22H30N4O2. The minimum Gasteiger partial charge on any atom is -0.376 e. The third-order valence-electron chi connectivity index (χ3n) is 5.88. The molecule has 0 radical (unpaired) electrons. The van der Waals surface area contributed by atoms with Crippen LogP contribution < -0.4 is 10.6 Å². The van der Waals surface area contributed by atoms with Crippen LogP contribution in [0.1, 0.15) is 55.5 Å². The largest absolute Gasteiger partial charge is 0.376 e. The molecule has 1 heterocycles. The molecule has 0 aromatic heterocycles. The van der Waals surface area contributed by atoms with Crippen LogP contribution in [0.5, 0.6) is 0 Å². The van der Waals surface area contributed by atoms with Crippen molar-refractivity contribution in [1.29, 1.82) is 5.26 Å². The topological polar surface area (TPSA) is 85.2 Å². The second-order valence-electron chi connectivity index (χ2n) is 8.52.